The highest BCUT2D eigenvalue weighted by molar-refractivity contribution is 5.75. The molecular weight excluding hydrogens is 200 g/mol. The van der Waals surface area contributed by atoms with Crippen LogP contribution in [0.5, 0.6) is 0 Å². The van der Waals surface area contributed by atoms with Crippen LogP contribution in [0.4, 0.5) is 0 Å². The van der Waals surface area contributed by atoms with Crippen molar-refractivity contribution in [2.24, 2.45) is 0 Å². The lowest BCUT2D eigenvalue weighted by Crippen LogP contribution is -2.48. The Morgan fingerprint density at radius 1 is 1.27 bits per heavy atom. The fraction of sp³-hybridized carbons (Fsp3) is 0.778. The third-order valence-corrected chi connectivity index (χ3v) is 2.11. The number of carbonyl (C=O) groups is 2. The fourth-order valence-corrected chi connectivity index (χ4v) is 1.44. The van der Waals surface area contributed by atoms with Crippen molar-refractivity contribution in [1.82, 2.24) is 10.0 Å². The summed E-state index contributed by atoms with van der Waals surface area (Å²) in [6.07, 6.45) is -0.0298. The van der Waals surface area contributed by atoms with Crippen LogP contribution >= 0.6 is 0 Å². The van der Waals surface area contributed by atoms with E-state index in [-0.39, 0.29) is 12.8 Å². The van der Waals surface area contributed by atoms with Crippen LogP contribution in [-0.4, -0.2) is 58.9 Å². The van der Waals surface area contributed by atoms with Gasteiger partial charge in [0, 0.05) is 27.1 Å². The van der Waals surface area contributed by atoms with Crippen molar-refractivity contribution in [2.75, 3.05) is 20.6 Å². The first-order chi connectivity index (χ1) is 6.90. The molecule has 1 atom stereocenters. The van der Waals surface area contributed by atoms with Gasteiger partial charge in [0.2, 0.25) is 0 Å². The van der Waals surface area contributed by atoms with Gasteiger partial charge in [-0.1, -0.05) is 6.92 Å². The van der Waals surface area contributed by atoms with E-state index in [1.165, 1.54) is 0 Å². The Morgan fingerprint density at radius 2 is 1.80 bits per heavy atom. The number of hydrogen-bond acceptors (Lipinski definition) is 4. The minimum Gasteiger partial charge on any atom is -0.481 e. The Labute approximate surface area is 89.1 Å². The summed E-state index contributed by atoms with van der Waals surface area (Å²) in [5.41, 5.74) is 0. The number of carboxylic acids is 2. The van der Waals surface area contributed by atoms with Gasteiger partial charge in [0.25, 0.3) is 0 Å². The van der Waals surface area contributed by atoms with Gasteiger partial charge in [-0.2, -0.15) is 0 Å². The Morgan fingerprint density at radius 3 is 2.07 bits per heavy atom. The maximum absolute atomic E-state index is 11.0. The summed E-state index contributed by atoms with van der Waals surface area (Å²) in [7, 11) is 3.47. The molecule has 0 bridgehead atoms. The van der Waals surface area contributed by atoms with E-state index in [4.69, 9.17) is 10.2 Å². The molecule has 0 fully saturated rings. The predicted molar refractivity (Wildman–Crippen MR) is 54.4 cm³/mol. The first kappa shape index (κ1) is 13.9. The van der Waals surface area contributed by atoms with Gasteiger partial charge >= 0.3 is 11.9 Å². The fourth-order valence-electron chi connectivity index (χ4n) is 1.44. The van der Waals surface area contributed by atoms with Crippen molar-refractivity contribution in [3.63, 3.8) is 0 Å². The second-order valence-corrected chi connectivity index (χ2v) is 3.39. The first-order valence-electron chi connectivity index (χ1n) is 4.78. The summed E-state index contributed by atoms with van der Waals surface area (Å²) in [6.45, 7) is 2.36. The summed E-state index contributed by atoms with van der Waals surface area (Å²) in [5, 5.41) is 20.8. The highest BCUT2D eigenvalue weighted by Gasteiger charge is 2.26. The van der Waals surface area contributed by atoms with E-state index in [0.29, 0.717) is 6.54 Å². The maximum atomic E-state index is 11.0. The van der Waals surface area contributed by atoms with E-state index in [1.807, 2.05) is 6.92 Å². The van der Waals surface area contributed by atoms with Gasteiger partial charge < -0.3 is 10.2 Å². The Kier molecular flexibility index (Phi) is 5.88. The van der Waals surface area contributed by atoms with E-state index >= 15 is 0 Å². The van der Waals surface area contributed by atoms with Gasteiger partial charge in [-0.25, -0.2) is 10.0 Å². The van der Waals surface area contributed by atoms with Crippen molar-refractivity contribution >= 4 is 11.9 Å². The zero-order chi connectivity index (χ0) is 12.0. The normalized spacial score (nSPS) is 13.1. The average molecular weight is 218 g/mol. The number of hydrazine groups is 1. The Bertz CT molecular complexity index is 230. The summed E-state index contributed by atoms with van der Waals surface area (Å²) in [4.78, 5) is 21.3. The molecule has 6 heteroatoms. The molecule has 0 aromatic rings. The van der Waals surface area contributed by atoms with E-state index in [2.05, 4.69) is 0 Å². The highest BCUT2D eigenvalue weighted by Crippen LogP contribution is 2.08. The molecule has 0 heterocycles. The summed E-state index contributed by atoms with van der Waals surface area (Å²) in [6, 6.07) is -0.777. The van der Waals surface area contributed by atoms with Gasteiger partial charge in [0.1, 0.15) is 6.04 Å². The highest BCUT2D eigenvalue weighted by atomic mass is 16.4. The van der Waals surface area contributed by atoms with Crippen LogP contribution in [0.15, 0.2) is 0 Å². The molecule has 0 aromatic carbocycles. The predicted octanol–water partition coefficient (Wildman–Crippen LogP) is 0.103. The monoisotopic (exact) mass is 218 g/mol. The molecule has 0 aliphatic carbocycles. The van der Waals surface area contributed by atoms with Crippen molar-refractivity contribution in [2.45, 2.75) is 25.8 Å². The van der Waals surface area contributed by atoms with Gasteiger partial charge in [-0.15, -0.1) is 0 Å². The summed E-state index contributed by atoms with van der Waals surface area (Å²) >= 11 is 0. The Balaban J connectivity index is 4.48. The maximum Gasteiger partial charge on any atom is 0.322 e. The quantitative estimate of drug-likeness (QED) is 0.590. The van der Waals surface area contributed by atoms with Crippen LogP contribution in [0.3, 0.4) is 0 Å². The standard InChI is InChI=1S/C9H18N2O4/c1-4-11(10(2)3)7(9(14)15)5-6-8(12)13/h7H,4-6H2,1-3H3,(H,12,13)(H,14,15)/t7-/m0/s1. The van der Waals surface area contributed by atoms with Crippen molar-refractivity contribution in [3.8, 4) is 0 Å². The number of likely N-dealkylation sites (N-methyl/N-ethyl adjacent to an activating group) is 1. The van der Waals surface area contributed by atoms with Crippen LogP contribution in [0.25, 0.3) is 0 Å². The topological polar surface area (TPSA) is 81.1 Å². The summed E-state index contributed by atoms with van der Waals surface area (Å²) in [5.74, 6) is -1.97. The summed E-state index contributed by atoms with van der Waals surface area (Å²) < 4.78 is 0. The van der Waals surface area contributed by atoms with E-state index in [1.54, 1.807) is 24.1 Å². The van der Waals surface area contributed by atoms with Gasteiger partial charge in [-0.05, 0) is 6.42 Å². The van der Waals surface area contributed by atoms with E-state index in [0.717, 1.165) is 0 Å². The van der Waals surface area contributed by atoms with Crippen molar-refractivity contribution < 1.29 is 19.8 Å². The number of rotatable bonds is 7. The lowest BCUT2D eigenvalue weighted by atomic mass is 10.1. The van der Waals surface area contributed by atoms with Crippen LogP contribution < -0.4 is 0 Å². The van der Waals surface area contributed by atoms with Crippen LogP contribution in [0, 0.1) is 0 Å². The molecule has 0 spiro atoms. The molecule has 88 valence electrons. The molecule has 0 unspecified atom stereocenters. The lowest BCUT2D eigenvalue weighted by molar-refractivity contribution is -0.151. The molecule has 0 amide bonds. The third kappa shape index (κ3) is 4.75. The van der Waals surface area contributed by atoms with E-state index < -0.39 is 18.0 Å². The SMILES string of the molecule is CCN([C@@H](CCC(=O)O)C(=O)O)N(C)C. The Hall–Kier alpha value is -1.14. The second-order valence-electron chi connectivity index (χ2n) is 3.39. The lowest BCUT2D eigenvalue weighted by Gasteiger charge is -2.32. The van der Waals surface area contributed by atoms with Crippen LogP contribution in [0.2, 0.25) is 0 Å². The molecule has 0 rings (SSSR count). The molecule has 2 N–H and O–H groups in total. The van der Waals surface area contributed by atoms with Crippen molar-refractivity contribution in [3.05, 3.63) is 0 Å². The number of aliphatic carboxylic acids is 2. The third-order valence-electron chi connectivity index (χ3n) is 2.11. The zero-order valence-corrected chi connectivity index (χ0v) is 9.30. The molecule has 0 aromatic heterocycles. The molecule has 0 aliphatic heterocycles. The molecule has 0 saturated heterocycles. The zero-order valence-electron chi connectivity index (χ0n) is 9.30. The van der Waals surface area contributed by atoms with Gasteiger partial charge in [-0.3, -0.25) is 9.59 Å². The second kappa shape index (κ2) is 6.36. The molecule has 0 radical (unpaired) electrons. The minimum atomic E-state index is -0.994. The number of hydrogen-bond donors (Lipinski definition) is 2. The van der Waals surface area contributed by atoms with Gasteiger partial charge in [0.05, 0.1) is 0 Å². The van der Waals surface area contributed by atoms with E-state index in [9.17, 15) is 9.59 Å². The molecular formula is C9H18N2O4. The first-order valence-corrected chi connectivity index (χ1v) is 4.78. The van der Waals surface area contributed by atoms with Crippen LogP contribution in [-0.2, 0) is 9.59 Å². The van der Waals surface area contributed by atoms with Crippen molar-refractivity contribution in [1.29, 1.82) is 0 Å². The molecule has 15 heavy (non-hydrogen) atoms. The smallest absolute Gasteiger partial charge is 0.322 e. The van der Waals surface area contributed by atoms with Gasteiger partial charge in [0.15, 0.2) is 0 Å². The average Bonchev–Trinajstić information content (AvgIpc) is 2.10. The molecule has 0 saturated carbocycles. The number of carboxylic acid groups (broad SMARTS) is 2. The largest absolute Gasteiger partial charge is 0.481 e. The molecule has 0 aliphatic rings. The molecule has 6 nitrogen and oxygen atoms in total. The minimum absolute atomic E-state index is 0.108. The number of nitrogens with zero attached hydrogens (tertiary/aromatic N) is 2. The van der Waals surface area contributed by atoms with Crippen LogP contribution in [0.1, 0.15) is 19.8 Å².